The number of halogens is 2. The number of nitrogens with one attached hydrogen (secondary N) is 1. The first kappa shape index (κ1) is 18.5. The van der Waals surface area contributed by atoms with Crippen molar-refractivity contribution in [1.29, 1.82) is 0 Å². The summed E-state index contributed by atoms with van der Waals surface area (Å²) in [6, 6.07) is 11.5. The van der Waals surface area contributed by atoms with E-state index in [1.165, 1.54) is 18.3 Å². The second-order valence-electron chi connectivity index (χ2n) is 6.21. The SMILES string of the molecule is O=C(N[C@@H](c1ccc(OCF)cc1)c1ncccc1F)c1ccn2ccnc2c1. The average molecular weight is 394 g/mol. The van der Waals surface area contributed by atoms with E-state index in [9.17, 15) is 13.6 Å². The molecule has 3 aromatic heterocycles. The van der Waals surface area contributed by atoms with Gasteiger partial charge >= 0.3 is 0 Å². The third-order valence-corrected chi connectivity index (χ3v) is 4.43. The Balaban J connectivity index is 1.68. The van der Waals surface area contributed by atoms with Crippen molar-refractivity contribution in [2.24, 2.45) is 0 Å². The molecule has 1 N–H and O–H groups in total. The molecule has 1 amide bonds. The van der Waals surface area contributed by atoms with Crippen molar-refractivity contribution in [1.82, 2.24) is 19.7 Å². The van der Waals surface area contributed by atoms with Crippen molar-refractivity contribution < 1.29 is 18.3 Å². The molecule has 0 aliphatic carbocycles. The lowest BCUT2D eigenvalue weighted by atomic mass is 10.0. The van der Waals surface area contributed by atoms with Crippen LogP contribution in [0.15, 0.2) is 73.3 Å². The fraction of sp³-hybridized carbons (Fsp3) is 0.0952. The molecule has 0 unspecified atom stereocenters. The second-order valence-corrected chi connectivity index (χ2v) is 6.21. The number of carbonyl (C=O) groups is 1. The normalized spacial score (nSPS) is 11.9. The first-order valence-electron chi connectivity index (χ1n) is 8.78. The lowest BCUT2D eigenvalue weighted by molar-refractivity contribution is 0.0941. The minimum atomic E-state index is -0.954. The average Bonchev–Trinajstić information content (AvgIpc) is 3.21. The quantitative estimate of drug-likeness (QED) is 0.542. The summed E-state index contributed by atoms with van der Waals surface area (Å²) in [6.45, 7) is -0.954. The topological polar surface area (TPSA) is 68.5 Å². The summed E-state index contributed by atoms with van der Waals surface area (Å²) in [7, 11) is 0. The Kier molecular flexibility index (Phi) is 5.15. The number of amides is 1. The van der Waals surface area contributed by atoms with Gasteiger partial charge in [-0.15, -0.1) is 0 Å². The molecule has 8 heteroatoms. The van der Waals surface area contributed by atoms with Crippen LogP contribution in [0.3, 0.4) is 0 Å². The van der Waals surface area contributed by atoms with Gasteiger partial charge in [0, 0.05) is 30.4 Å². The smallest absolute Gasteiger partial charge is 0.252 e. The predicted molar refractivity (Wildman–Crippen MR) is 102 cm³/mol. The number of carbonyl (C=O) groups excluding carboxylic acids is 1. The van der Waals surface area contributed by atoms with Crippen LogP contribution in [0.25, 0.3) is 5.65 Å². The molecule has 0 aliphatic rings. The number of nitrogens with zero attached hydrogens (tertiary/aromatic N) is 3. The zero-order valence-electron chi connectivity index (χ0n) is 15.1. The zero-order chi connectivity index (χ0) is 20.2. The van der Waals surface area contributed by atoms with Crippen LogP contribution in [0, 0.1) is 5.82 Å². The van der Waals surface area contributed by atoms with Gasteiger partial charge in [-0.1, -0.05) is 12.1 Å². The number of alkyl halides is 1. The molecular weight excluding hydrogens is 378 g/mol. The maximum absolute atomic E-state index is 14.4. The van der Waals surface area contributed by atoms with Crippen LogP contribution in [0.1, 0.15) is 27.7 Å². The lowest BCUT2D eigenvalue weighted by Gasteiger charge is -2.20. The van der Waals surface area contributed by atoms with Gasteiger partial charge in [-0.25, -0.2) is 13.8 Å². The fourth-order valence-electron chi connectivity index (χ4n) is 3.01. The molecule has 6 nitrogen and oxygen atoms in total. The number of imidazole rings is 1. The standard InChI is InChI=1S/C21H16F2N4O2/c22-13-29-16-5-3-14(4-6-16)19(20-17(23)2-1-8-25-20)26-21(28)15-7-10-27-11-9-24-18(27)12-15/h1-12,19H,13H2,(H,26,28)/t19-/m0/s1. The molecule has 0 aliphatic heterocycles. The molecule has 0 saturated carbocycles. The van der Waals surface area contributed by atoms with E-state index in [1.807, 2.05) is 0 Å². The Morgan fingerprint density at radius 1 is 1.10 bits per heavy atom. The van der Waals surface area contributed by atoms with Crippen LogP contribution < -0.4 is 10.1 Å². The Morgan fingerprint density at radius 2 is 1.93 bits per heavy atom. The van der Waals surface area contributed by atoms with Crippen LogP contribution in [-0.4, -0.2) is 27.1 Å². The van der Waals surface area contributed by atoms with E-state index in [0.717, 1.165) is 0 Å². The first-order valence-corrected chi connectivity index (χ1v) is 8.78. The molecule has 0 fully saturated rings. The Morgan fingerprint density at radius 3 is 2.69 bits per heavy atom. The van der Waals surface area contributed by atoms with E-state index >= 15 is 0 Å². The summed E-state index contributed by atoms with van der Waals surface area (Å²) in [5.41, 5.74) is 1.64. The van der Waals surface area contributed by atoms with Crippen LogP contribution in [-0.2, 0) is 0 Å². The van der Waals surface area contributed by atoms with Crippen LogP contribution >= 0.6 is 0 Å². The molecule has 146 valence electrons. The Hall–Kier alpha value is -3.81. The number of hydrogen-bond donors (Lipinski definition) is 1. The summed E-state index contributed by atoms with van der Waals surface area (Å²) in [4.78, 5) is 21.1. The van der Waals surface area contributed by atoms with Crippen LogP contribution in [0.5, 0.6) is 5.75 Å². The second kappa shape index (κ2) is 8.05. The molecule has 29 heavy (non-hydrogen) atoms. The maximum Gasteiger partial charge on any atom is 0.252 e. The molecule has 4 aromatic rings. The van der Waals surface area contributed by atoms with Gasteiger partial charge in [-0.3, -0.25) is 9.78 Å². The Bertz CT molecular complexity index is 1140. The van der Waals surface area contributed by atoms with E-state index in [1.54, 1.807) is 59.4 Å². The number of hydrogen-bond acceptors (Lipinski definition) is 4. The maximum atomic E-state index is 14.4. The van der Waals surface area contributed by atoms with Gasteiger partial charge in [0.25, 0.3) is 5.91 Å². The summed E-state index contributed by atoms with van der Waals surface area (Å²) in [5.74, 6) is -0.632. The number of ether oxygens (including phenoxy) is 1. The minimum absolute atomic E-state index is 0.0712. The van der Waals surface area contributed by atoms with Gasteiger partial charge in [0.15, 0.2) is 0 Å². The van der Waals surface area contributed by atoms with Crippen molar-refractivity contribution in [2.75, 3.05) is 6.86 Å². The fourth-order valence-corrected chi connectivity index (χ4v) is 3.01. The molecule has 4 rings (SSSR count). The van der Waals surface area contributed by atoms with Crippen LogP contribution in [0.2, 0.25) is 0 Å². The van der Waals surface area contributed by atoms with Crippen molar-refractivity contribution >= 4 is 11.6 Å². The van der Waals surface area contributed by atoms with E-state index < -0.39 is 24.6 Å². The first-order chi connectivity index (χ1) is 14.2. The summed E-state index contributed by atoms with van der Waals surface area (Å²) in [6.07, 6.45) is 6.57. The van der Waals surface area contributed by atoms with Gasteiger partial charge in [0.2, 0.25) is 6.86 Å². The molecule has 0 bridgehead atoms. The molecule has 0 saturated heterocycles. The molecule has 1 atom stereocenters. The van der Waals surface area contributed by atoms with E-state index in [4.69, 9.17) is 4.74 Å². The van der Waals surface area contributed by atoms with Gasteiger partial charge < -0.3 is 14.5 Å². The van der Waals surface area contributed by atoms with Gasteiger partial charge in [0.05, 0.1) is 6.04 Å². The highest BCUT2D eigenvalue weighted by Crippen LogP contribution is 2.25. The van der Waals surface area contributed by atoms with Gasteiger partial charge in [-0.2, -0.15) is 0 Å². The van der Waals surface area contributed by atoms with E-state index in [0.29, 0.717) is 22.5 Å². The molecule has 3 heterocycles. The number of benzene rings is 1. The molecule has 1 aromatic carbocycles. The molecule has 0 radical (unpaired) electrons. The van der Waals surface area contributed by atoms with Gasteiger partial charge in [-0.05, 0) is 42.0 Å². The lowest BCUT2D eigenvalue weighted by Crippen LogP contribution is -2.30. The largest absolute Gasteiger partial charge is 0.463 e. The third-order valence-electron chi connectivity index (χ3n) is 4.43. The summed E-state index contributed by atoms with van der Waals surface area (Å²) in [5, 5.41) is 2.82. The zero-order valence-corrected chi connectivity index (χ0v) is 15.1. The third kappa shape index (κ3) is 3.91. The monoisotopic (exact) mass is 394 g/mol. The highest BCUT2D eigenvalue weighted by molar-refractivity contribution is 5.95. The number of aromatic nitrogens is 3. The minimum Gasteiger partial charge on any atom is -0.463 e. The number of rotatable bonds is 6. The molecule has 0 spiro atoms. The predicted octanol–water partition coefficient (Wildman–Crippen LogP) is 3.69. The molecular formula is C21H16F2N4O2. The number of fused-ring (bicyclic) bond motifs is 1. The summed E-state index contributed by atoms with van der Waals surface area (Å²) < 4.78 is 33.4. The van der Waals surface area contributed by atoms with Crippen molar-refractivity contribution in [2.45, 2.75) is 6.04 Å². The Labute approximate surface area is 164 Å². The van der Waals surface area contributed by atoms with E-state index in [2.05, 4.69) is 15.3 Å². The van der Waals surface area contributed by atoms with Crippen molar-refractivity contribution in [3.8, 4) is 5.75 Å². The highest BCUT2D eigenvalue weighted by Gasteiger charge is 2.22. The van der Waals surface area contributed by atoms with Crippen molar-refractivity contribution in [3.63, 3.8) is 0 Å². The number of pyridine rings is 2. The van der Waals surface area contributed by atoms with Gasteiger partial charge in [0.1, 0.15) is 22.9 Å². The van der Waals surface area contributed by atoms with Crippen molar-refractivity contribution in [3.05, 3.63) is 96.0 Å². The van der Waals surface area contributed by atoms with Crippen LogP contribution in [0.4, 0.5) is 8.78 Å². The highest BCUT2D eigenvalue weighted by atomic mass is 19.1. The van der Waals surface area contributed by atoms with E-state index in [-0.39, 0.29) is 5.69 Å². The summed E-state index contributed by atoms with van der Waals surface area (Å²) >= 11 is 0.